The Hall–Kier alpha value is -1.27. The van der Waals surface area contributed by atoms with Gasteiger partial charge in [-0.1, -0.05) is 12.1 Å². The van der Waals surface area contributed by atoms with Gasteiger partial charge in [-0.05, 0) is 17.7 Å². The van der Waals surface area contributed by atoms with Crippen molar-refractivity contribution in [2.45, 2.75) is 12.4 Å². The van der Waals surface area contributed by atoms with Crippen molar-refractivity contribution in [3.8, 4) is 5.75 Å². The highest BCUT2D eigenvalue weighted by atomic mass is 19.4. The Kier molecular flexibility index (Phi) is 3.54. The van der Waals surface area contributed by atoms with Gasteiger partial charge in [0.15, 0.2) is 0 Å². The molecule has 84 valence electrons. The first kappa shape index (κ1) is 11.8. The van der Waals surface area contributed by atoms with Gasteiger partial charge < -0.3 is 15.6 Å². The second-order valence-corrected chi connectivity index (χ2v) is 2.91. The van der Waals surface area contributed by atoms with Crippen molar-refractivity contribution in [2.24, 2.45) is 5.73 Å². The summed E-state index contributed by atoms with van der Waals surface area (Å²) in [6, 6.07) is 4.51. The topological polar surface area (TPSA) is 55.5 Å². The number of hydrogen-bond donors (Lipinski definition) is 2. The van der Waals surface area contributed by atoms with Crippen LogP contribution in [0.5, 0.6) is 5.75 Å². The van der Waals surface area contributed by atoms with Gasteiger partial charge in [-0.2, -0.15) is 0 Å². The number of rotatable bonds is 3. The van der Waals surface area contributed by atoms with Crippen LogP contribution in [0, 0.1) is 0 Å². The van der Waals surface area contributed by atoms with Gasteiger partial charge >= 0.3 is 6.36 Å². The molecule has 0 saturated heterocycles. The normalized spacial score (nSPS) is 13.7. The van der Waals surface area contributed by atoms with Crippen LogP contribution < -0.4 is 10.5 Å². The molecular formula is C9H10F3NO2. The number of ether oxygens (including phenoxy) is 1. The van der Waals surface area contributed by atoms with E-state index in [4.69, 9.17) is 10.8 Å². The Morgan fingerprint density at radius 2 is 2.07 bits per heavy atom. The molecule has 0 aliphatic heterocycles. The highest BCUT2D eigenvalue weighted by molar-refractivity contribution is 5.30. The summed E-state index contributed by atoms with van der Waals surface area (Å²) in [5.74, 6) is -0.344. The molecule has 3 N–H and O–H groups in total. The molecule has 0 aliphatic rings. The standard InChI is InChI=1S/C9H10F3NO2/c10-9(11,12)15-7-3-1-2-6(4-7)8(13)5-14/h1-4,8,14H,5,13H2. The SMILES string of the molecule is NC(CO)c1cccc(OC(F)(F)F)c1. The van der Waals surface area contributed by atoms with Crippen LogP contribution in [-0.4, -0.2) is 18.1 Å². The smallest absolute Gasteiger partial charge is 0.406 e. The molecule has 0 saturated carbocycles. The zero-order valence-electron chi connectivity index (χ0n) is 7.66. The van der Waals surface area contributed by atoms with Crippen molar-refractivity contribution in [2.75, 3.05) is 6.61 Å². The van der Waals surface area contributed by atoms with Crippen LogP contribution in [-0.2, 0) is 0 Å². The summed E-state index contributed by atoms with van der Waals surface area (Å²) in [5, 5.41) is 8.72. The second-order valence-electron chi connectivity index (χ2n) is 2.91. The number of halogens is 3. The maximum Gasteiger partial charge on any atom is 0.573 e. The predicted molar refractivity (Wildman–Crippen MR) is 47.1 cm³/mol. The van der Waals surface area contributed by atoms with Gasteiger partial charge in [0.05, 0.1) is 12.6 Å². The zero-order chi connectivity index (χ0) is 11.5. The fourth-order valence-electron chi connectivity index (χ4n) is 1.05. The third-order valence-corrected chi connectivity index (χ3v) is 1.72. The molecule has 1 aromatic carbocycles. The molecule has 3 nitrogen and oxygen atoms in total. The quantitative estimate of drug-likeness (QED) is 0.814. The number of hydrogen-bond acceptors (Lipinski definition) is 3. The Labute approximate surface area is 84.3 Å². The number of aliphatic hydroxyl groups is 1. The summed E-state index contributed by atoms with van der Waals surface area (Å²) in [6.07, 6.45) is -4.72. The van der Waals surface area contributed by atoms with Gasteiger partial charge in [0, 0.05) is 0 Å². The summed E-state index contributed by atoms with van der Waals surface area (Å²) in [5.41, 5.74) is 5.83. The molecule has 6 heteroatoms. The van der Waals surface area contributed by atoms with Crippen LogP contribution in [0.25, 0.3) is 0 Å². The summed E-state index contributed by atoms with van der Waals surface area (Å²) in [4.78, 5) is 0. The van der Waals surface area contributed by atoms with Gasteiger partial charge in [-0.25, -0.2) is 0 Å². The lowest BCUT2D eigenvalue weighted by Crippen LogP contribution is -2.18. The molecular weight excluding hydrogens is 211 g/mol. The minimum absolute atomic E-state index is 0.338. The van der Waals surface area contributed by atoms with Crippen LogP contribution in [0.4, 0.5) is 13.2 Å². The maximum atomic E-state index is 11.9. The lowest BCUT2D eigenvalue weighted by atomic mass is 10.1. The fraction of sp³-hybridized carbons (Fsp3) is 0.333. The first-order valence-electron chi connectivity index (χ1n) is 4.14. The number of alkyl halides is 3. The van der Waals surface area contributed by atoms with E-state index in [0.717, 1.165) is 6.07 Å². The molecule has 15 heavy (non-hydrogen) atoms. The predicted octanol–water partition coefficient (Wildman–Crippen LogP) is 1.58. The van der Waals surface area contributed by atoms with E-state index in [1.807, 2.05) is 0 Å². The van der Waals surface area contributed by atoms with E-state index in [2.05, 4.69) is 4.74 Å². The average Bonchev–Trinajstić information content (AvgIpc) is 2.14. The van der Waals surface area contributed by atoms with Crippen LogP contribution >= 0.6 is 0 Å². The monoisotopic (exact) mass is 221 g/mol. The summed E-state index contributed by atoms with van der Waals surface area (Å²) >= 11 is 0. The molecule has 0 amide bonds. The Morgan fingerprint density at radius 1 is 1.40 bits per heavy atom. The third kappa shape index (κ3) is 3.77. The minimum Gasteiger partial charge on any atom is -0.406 e. The van der Waals surface area contributed by atoms with Crippen LogP contribution in [0.15, 0.2) is 24.3 Å². The van der Waals surface area contributed by atoms with E-state index in [1.54, 1.807) is 0 Å². The van der Waals surface area contributed by atoms with E-state index >= 15 is 0 Å². The zero-order valence-corrected chi connectivity index (χ0v) is 7.66. The van der Waals surface area contributed by atoms with Gasteiger partial charge in [0.2, 0.25) is 0 Å². The molecule has 0 fully saturated rings. The molecule has 0 aliphatic carbocycles. The average molecular weight is 221 g/mol. The molecule has 0 aromatic heterocycles. The van der Waals surface area contributed by atoms with Gasteiger partial charge in [0.25, 0.3) is 0 Å². The first-order valence-corrected chi connectivity index (χ1v) is 4.14. The van der Waals surface area contributed by atoms with Crippen molar-refractivity contribution >= 4 is 0 Å². The molecule has 1 rings (SSSR count). The summed E-state index contributed by atoms with van der Waals surface area (Å²) < 4.78 is 39.3. The Balaban J connectivity index is 2.83. The van der Waals surface area contributed by atoms with Crippen molar-refractivity contribution < 1.29 is 23.0 Å². The highest BCUT2D eigenvalue weighted by Gasteiger charge is 2.31. The van der Waals surface area contributed by atoms with Crippen LogP contribution in [0.1, 0.15) is 11.6 Å². The lowest BCUT2D eigenvalue weighted by Gasteiger charge is -2.12. The van der Waals surface area contributed by atoms with Crippen LogP contribution in [0.3, 0.4) is 0 Å². The van der Waals surface area contributed by atoms with Crippen molar-refractivity contribution in [1.82, 2.24) is 0 Å². The number of aliphatic hydroxyl groups excluding tert-OH is 1. The third-order valence-electron chi connectivity index (χ3n) is 1.72. The van der Waals surface area contributed by atoms with Crippen molar-refractivity contribution in [3.05, 3.63) is 29.8 Å². The molecule has 0 spiro atoms. The van der Waals surface area contributed by atoms with E-state index in [1.165, 1.54) is 18.2 Å². The molecule has 0 bridgehead atoms. The Morgan fingerprint density at radius 3 is 2.60 bits per heavy atom. The molecule has 1 aromatic rings. The molecule has 0 heterocycles. The van der Waals surface area contributed by atoms with Crippen molar-refractivity contribution in [3.63, 3.8) is 0 Å². The van der Waals surface area contributed by atoms with Crippen molar-refractivity contribution in [1.29, 1.82) is 0 Å². The number of benzene rings is 1. The number of nitrogens with two attached hydrogens (primary N) is 1. The molecule has 1 atom stereocenters. The summed E-state index contributed by atoms with van der Waals surface area (Å²) in [7, 11) is 0. The van der Waals surface area contributed by atoms with E-state index in [0.29, 0.717) is 5.56 Å². The largest absolute Gasteiger partial charge is 0.573 e. The van der Waals surface area contributed by atoms with E-state index < -0.39 is 12.4 Å². The van der Waals surface area contributed by atoms with Crippen LogP contribution in [0.2, 0.25) is 0 Å². The second kappa shape index (κ2) is 4.50. The molecule has 1 unspecified atom stereocenters. The minimum atomic E-state index is -4.72. The highest BCUT2D eigenvalue weighted by Crippen LogP contribution is 2.24. The lowest BCUT2D eigenvalue weighted by molar-refractivity contribution is -0.274. The summed E-state index contributed by atoms with van der Waals surface area (Å²) in [6.45, 7) is -0.338. The van der Waals surface area contributed by atoms with E-state index in [9.17, 15) is 13.2 Å². The van der Waals surface area contributed by atoms with Gasteiger partial charge in [-0.3, -0.25) is 0 Å². The van der Waals surface area contributed by atoms with E-state index in [-0.39, 0.29) is 12.4 Å². The van der Waals surface area contributed by atoms with Gasteiger partial charge in [0.1, 0.15) is 5.75 Å². The first-order chi connectivity index (χ1) is 6.92. The van der Waals surface area contributed by atoms with Gasteiger partial charge in [-0.15, -0.1) is 13.2 Å². The fourth-order valence-corrected chi connectivity index (χ4v) is 1.05. The maximum absolute atomic E-state index is 11.9. The Bertz CT molecular complexity index is 327. The molecule has 0 radical (unpaired) electrons.